The molecule has 0 aliphatic heterocycles. The lowest BCUT2D eigenvalue weighted by Crippen LogP contribution is -2.50. The summed E-state index contributed by atoms with van der Waals surface area (Å²) in [6.45, 7) is 0.800. The van der Waals surface area contributed by atoms with Crippen LogP contribution in [0.5, 0.6) is 5.75 Å². The van der Waals surface area contributed by atoms with Crippen LogP contribution in [0.3, 0.4) is 0 Å². The van der Waals surface area contributed by atoms with Crippen LogP contribution in [0.25, 0.3) is 0 Å². The van der Waals surface area contributed by atoms with Gasteiger partial charge in [0, 0.05) is 32.0 Å². The third-order valence-corrected chi connectivity index (χ3v) is 10.2. The van der Waals surface area contributed by atoms with Crippen LogP contribution in [-0.4, -0.2) is 50.9 Å². The van der Waals surface area contributed by atoms with Crippen LogP contribution in [0.2, 0.25) is 0 Å². The number of benzene rings is 3. The molecule has 2 amide bonds. The van der Waals surface area contributed by atoms with Crippen LogP contribution in [0.4, 0.5) is 0 Å². The van der Waals surface area contributed by atoms with Gasteiger partial charge in [-0.1, -0.05) is 66.2 Å². The number of methoxy groups -OCH3 is 1. The molecule has 2 N–H and O–H groups in total. The first kappa shape index (κ1) is 33.4. The fraction of sp³-hybridized carbons (Fsp3) is 0.405. The number of rotatable bonds is 16. The summed E-state index contributed by atoms with van der Waals surface area (Å²) in [5, 5.41) is 3.15. The number of nitrogens with one attached hydrogen (secondary N) is 2. The molecule has 1 atom stereocenters. The molecule has 1 fully saturated rings. The van der Waals surface area contributed by atoms with Crippen LogP contribution in [0.1, 0.15) is 68.1 Å². The van der Waals surface area contributed by atoms with Crippen molar-refractivity contribution < 1.29 is 22.7 Å². The van der Waals surface area contributed by atoms with Crippen LogP contribution in [0.15, 0.2) is 95.4 Å². The third-order valence-electron chi connectivity index (χ3n) is 8.67. The van der Waals surface area contributed by atoms with Crippen molar-refractivity contribution in [1.82, 2.24) is 14.9 Å². The first-order valence-electron chi connectivity index (χ1n) is 16.3. The van der Waals surface area contributed by atoms with Gasteiger partial charge in [0.25, 0.3) is 0 Å². The Morgan fingerprint density at radius 2 is 1.61 bits per heavy atom. The highest BCUT2D eigenvalue weighted by Gasteiger charge is 2.31. The maximum Gasteiger partial charge on any atom is 0.243 e. The van der Waals surface area contributed by atoms with Crippen LogP contribution in [0, 0.1) is 0 Å². The number of hydrogen-bond donors (Lipinski definition) is 2. The SMILES string of the molecule is COc1ccc(CN(C(=O)CCc2ccc(S(=O)(=O)NC3CC3)cc2)C(Cc2ccccc2)C(=O)NCCC2=CCCCC2)cc1. The lowest BCUT2D eigenvalue weighted by molar-refractivity contribution is -0.141. The molecule has 5 rings (SSSR count). The quantitative estimate of drug-likeness (QED) is 0.195. The van der Waals surface area contributed by atoms with Gasteiger partial charge in [0.1, 0.15) is 11.8 Å². The monoisotopic (exact) mass is 643 g/mol. The van der Waals surface area contributed by atoms with Gasteiger partial charge in [0.2, 0.25) is 21.8 Å². The number of carbonyl (C=O) groups excluding carboxylic acids is 2. The third kappa shape index (κ3) is 9.77. The zero-order valence-electron chi connectivity index (χ0n) is 26.6. The summed E-state index contributed by atoms with van der Waals surface area (Å²) in [4.78, 5) is 29.9. The molecule has 46 heavy (non-hydrogen) atoms. The Labute approximate surface area is 273 Å². The molecule has 0 radical (unpaired) electrons. The van der Waals surface area contributed by atoms with Crippen molar-refractivity contribution in [2.45, 2.75) is 87.7 Å². The lowest BCUT2D eigenvalue weighted by atomic mass is 9.97. The van der Waals surface area contributed by atoms with Crippen molar-refractivity contribution in [3.63, 3.8) is 0 Å². The standard InChI is InChI=1S/C37H45N3O5S/c1-45-33-19-12-31(13-20-33)27-40(36(41)23-16-29-14-21-34(22-15-29)46(43,44)39-32-17-18-32)35(26-30-10-6-3-7-11-30)37(42)38-25-24-28-8-4-2-5-9-28/h3,6-8,10-15,19-22,32,35,39H,2,4-5,9,16-18,23-27H2,1H3,(H,38,42). The molecule has 0 spiro atoms. The molecule has 244 valence electrons. The smallest absolute Gasteiger partial charge is 0.243 e. The van der Waals surface area contributed by atoms with Gasteiger partial charge in [0.15, 0.2) is 0 Å². The summed E-state index contributed by atoms with van der Waals surface area (Å²) in [6.07, 6.45) is 10.4. The normalized spacial score (nSPS) is 15.5. The van der Waals surface area contributed by atoms with E-state index in [1.807, 2.05) is 54.6 Å². The first-order chi connectivity index (χ1) is 22.3. The number of ether oxygens (including phenoxy) is 1. The molecule has 2 aliphatic rings. The number of amides is 2. The first-order valence-corrected chi connectivity index (χ1v) is 17.8. The summed E-state index contributed by atoms with van der Waals surface area (Å²) in [6, 6.07) is 23.4. The minimum absolute atomic E-state index is 0.0318. The lowest BCUT2D eigenvalue weighted by Gasteiger charge is -2.32. The fourth-order valence-corrected chi connectivity index (χ4v) is 7.10. The van der Waals surface area contributed by atoms with E-state index in [1.54, 1.807) is 36.3 Å². The van der Waals surface area contributed by atoms with E-state index in [1.165, 1.54) is 18.4 Å². The van der Waals surface area contributed by atoms with Gasteiger partial charge in [-0.2, -0.15) is 0 Å². The van der Waals surface area contributed by atoms with Crippen LogP contribution < -0.4 is 14.8 Å². The zero-order valence-corrected chi connectivity index (χ0v) is 27.4. The van der Waals surface area contributed by atoms with Crippen molar-refractivity contribution >= 4 is 21.8 Å². The van der Waals surface area contributed by atoms with Gasteiger partial charge in [-0.15, -0.1) is 0 Å². The largest absolute Gasteiger partial charge is 0.497 e. The maximum atomic E-state index is 14.1. The van der Waals surface area contributed by atoms with E-state index in [0.29, 0.717) is 19.4 Å². The summed E-state index contributed by atoms with van der Waals surface area (Å²) >= 11 is 0. The van der Waals surface area contributed by atoms with Crippen molar-refractivity contribution in [1.29, 1.82) is 0 Å². The van der Waals surface area contributed by atoms with Gasteiger partial charge in [-0.05, 0) is 92.3 Å². The summed E-state index contributed by atoms with van der Waals surface area (Å²) in [5.74, 6) is 0.406. The molecule has 2 aliphatic carbocycles. The average Bonchev–Trinajstić information content (AvgIpc) is 3.90. The number of aryl methyl sites for hydroxylation is 1. The molecule has 0 heterocycles. The Balaban J connectivity index is 1.33. The van der Waals surface area contributed by atoms with E-state index < -0.39 is 16.1 Å². The molecule has 8 nitrogen and oxygen atoms in total. The zero-order chi connectivity index (χ0) is 32.4. The van der Waals surface area contributed by atoms with E-state index in [-0.39, 0.29) is 35.7 Å². The number of sulfonamides is 1. The number of allylic oxidation sites excluding steroid dienone is 1. The molecule has 0 saturated heterocycles. The average molecular weight is 644 g/mol. The number of carbonyl (C=O) groups is 2. The molecular weight excluding hydrogens is 598 g/mol. The summed E-state index contributed by atoms with van der Waals surface area (Å²) in [7, 11) is -1.93. The predicted octanol–water partition coefficient (Wildman–Crippen LogP) is 5.72. The van der Waals surface area contributed by atoms with E-state index in [4.69, 9.17) is 4.74 Å². The Morgan fingerprint density at radius 1 is 0.891 bits per heavy atom. The van der Waals surface area contributed by atoms with Gasteiger partial charge >= 0.3 is 0 Å². The van der Waals surface area contributed by atoms with Gasteiger partial charge < -0.3 is 15.0 Å². The van der Waals surface area contributed by atoms with E-state index in [0.717, 1.165) is 54.5 Å². The molecule has 1 saturated carbocycles. The molecule has 1 unspecified atom stereocenters. The molecule has 3 aromatic carbocycles. The summed E-state index contributed by atoms with van der Waals surface area (Å²) in [5.41, 5.74) is 4.11. The number of nitrogens with zero attached hydrogens (tertiary/aromatic N) is 1. The van der Waals surface area contributed by atoms with Crippen molar-refractivity contribution in [3.05, 3.63) is 107 Å². The van der Waals surface area contributed by atoms with E-state index in [2.05, 4.69) is 16.1 Å². The topological polar surface area (TPSA) is 105 Å². The van der Waals surface area contributed by atoms with E-state index >= 15 is 0 Å². The maximum absolute atomic E-state index is 14.1. The fourth-order valence-electron chi connectivity index (χ4n) is 5.80. The molecule has 0 bridgehead atoms. The molecule has 3 aromatic rings. The van der Waals surface area contributed by atoms with Crippen LogP contribution >= 0.6 is 0 Å². The minimum Gasteiger partial charge on any atom is -0.497 e. The highest BCUT2D eigenvalue weighted by molar-refractivity contribution is 7.89. The van der Waals surface area contributed by atoms with E-state index in [9.17, 15) is 18.0 Å². The Bertz CT molecular complexity index is 1580. The second-order valence-electron chi connectivity index (χ2n) is 12.3. The molecule has 0 aromatic heterocycles. The second-order valence-corrected chi connectivity index (χ2v) is 14.0. The van der Waals surface area contributed by atoms with Gasteiger partial charge in [-0.3, -0.25) is 9.59 Å². The van der Waals surface area contributed by atoms with Crippen molar-refractivity contribution in [2.24, 2.45) is 0 Å². The molecular formula is C37H45N3O5S. The highest BCUT2D eigenvalue weighted by Crippen LogP contribution is 2.24. The van der Waals surface area contributed by atoms with Crippen molar-refractivity contribution in [2.75, 3.05) is 13.7 Å². The predicted molar refractivity (Wildman–Crippen MR) is 180 cm³/mol. The van der Waals surface area contributed by atoms with Crippen LogP contribution in [-0.2, 0) is 39.0 Å². The molecule has 9 heteroatoms. The Hall–Kier alpha value is -3.95. The van der Waals surface area contributed by atoms with Gasteiger partial charge in [0.05, 0.1) is 12.0 Å². The highest BCUT2D eigenvalue weighted by atomic mass is 32.2. The number of hydrogen-bond acceptors (Lipinski definition) is 5. The Kier molecular flexibility index (Phi) is 11.7. The second kappa shape index (κ2) is 16.1. The van der Waals surface area contributed by atoms with Gasteiger partial charge in [-0.25, -0.2) is 13.1 Å². The van der Waals surface area contributed by atoms with Crippen molar-refractivity contribution in [3.8, 4) is 5.75 Å². The Morgan fingerprint density at radius 3 is 2.26 bits per heavy atom. The summed E-state index contributed by atoms with van der Waals surface area (Å²) < 4.78 is 33.2. The minimum atomic E-state index is -3.55.